The number of amides is 1. The van der Waals surface area contributed by atoms with Crippen LogP contribution in [-0.2, 0) is 4.79 Å². The maximum absolute atomic E-state index is 11.5. The van der Waals surface area contributed by atoms with E-state index in [2.05, 4.69) is 22.9 Å². The number of thioether (sulfide) groups is 1. The highest BCUT2D eigenvalue weighted by atomic mass is 32.2. The number of rotatable bonds is 5. The summed E-state index contributed by atoms with van der Waals surface area (Å²) in [5.41, 5.74) is 3.41. The normalized spacial score (nSPS) is 9.79. The topological polar surface area (TPSA) is 65.8 Å². The van der Waals surface area contributed by atoms with Crippen molar-refractivity contribution in [3.05, 3.63) is 35.0 Å². The quantitative estimate of drug-likeness (QED) is 0.661. The van der Waals surface area contributed by atoms with Crippen LogP contribution in [0.5, 0.6) is 0 Å². The molecule has 1 N–H and O–H groups in total. The van der Waals surface area contributed by atoms with Gasteiger partial charge in [-0.05, 0) is 31.9 Å². The van der Waals surface area contributed by atoms with Gasteiger partial charge in [-0.2, -0.15) is 5.26 Å². The minimum Gasteiger partial charge on any atom is -0.352 e. The van der Waals surface area contributed by atoms with Gasteiger partial charge in [-0.1, -0.05) is 17.8 Å². The second-order valence-electron chi connectivity index (χ2n) is 4.12. The molecule has 5 heteroatoms. The van der Waals surface area contributed by atoms with E-state index in [1.165, 1.54) is 11.8 Å². The Morgan fingerprint density at radius 2 is 2.16 bits per heavy atom. The van der Waals surface area contributed by atoms with Crippen LogP contribution in [0.4, 0.5) is 0 Å². The number of hydrogen-bond acceptors (Lipinski definition) is 4. The first-order valence-electron chi connectivity index (χ1n) is 5.89. The van der Waals surface area contributed by atoms with Crippen LogP contribution in [0, 0.1) is 32.1 Å². The fourth-order valence-electron chi connectivity index (χ4n) is 1.52. The van der Waals surface area contributed by atoms with Crippen molar-refractivity contribution in [2.45, 2.75) is 25.8 Å². The zero-order valence-corrected chi connectivity index (χ0v) is 12.2. The summed E-state index contributed by atoms with van der Waals surface area (Å²) in [5, 5.41) is 12.5. The SMILES string of the molecule is C=CCNC(=O)CSc1nc(C)c(C)c(C)c1C#N. The number of pyridine rings is 1. The van der Waals surface area contributed by atoms with Crippen LogP contribution in [0.25, 0.3) is 0 Å². The lowest BCUT2D eigenvalue weighted by Gasteiger charge is -2.10. The molecule has 4 nitrogen and oxygen atoms in total. The van der Waals surface area contributed by atoms with E-state index in [0.29, 0.717) is 17.1 Å². The molecule has 1 rings (SSSR count). The highest BCUT2D eigenvalue weighted by Gasteiger charge is 2.13. The van der Waals surface area contributed by atoms with Gasteiger partial charge in [0.1, 0.15) is 11.1 Å². The van der Waals surface area contributed by atoms with E-state index in [4.69, 9.17) is 0 Å². The molecule has 0 saturated carbocycles. The van der Waals surface area contributed by atoms with Crippen LogP contribution >= 0.6 is 11.8 Å². The number of aryl methyl sites for hydroxylation is 1. The second kappa shape index (κ2) is 6.95. The number of nitrogens with one attached hydrogen (secondary N) is 1. The van der Waals surface area contributed by atoms with E-state index in [-0.39, 0.29) is 11.7 Å². The molecule has 0 saturated heterocycles. The summed E-state index contributed by atoms with van der Waals surface area (Å²) in [6.45, 7) is 9.75. The average Bonchev–Trinajstić information content (AvgIpc) is 2.40. The smallest absolute Gasteiger partial charge is 0.230 e. The molecule has 0 atom stereocenters. The summed E-state index contributed by atoms with van der Waals surface area (Å²) >= 11 is 1.29. The Labute approximate surface area is 117 Å². The molecule has 0 bridgehead atoms. The van der Waals surface area contributed by atoms with E-state index in [9.17, 15) is 10.1 Å². The Morgan fingerprint density at radius 1 is 1.47 bits per heavy atom. The number of carbonyl (C=O) groups is 1. The molecule has 0 fully saturated rings. The molecular formula is C14H17N3OS. The van der Waals surface area contributed by atoms with Gasteiger partial charge in [-0.3, -0.25) is 4.79 Å². The number of carbonyl (C=O) groups excluding carboxylic acids is 1. The van der Waals surface area contributed by atoms with Crippen molar-refractivity contribution < 1.29 is 4.79 Å². The van der Waals surface area contributed by atoms with Gasteiger partial charge in [0.05, 0.1) is 11.3 Å². The summed E-state index contributed by atoms with van der Waals surface area (Å²) in [6, 6.07) is 2.17. The summed E-state index contributed by atoms with van der Waals surface area (Å²) in [6.07, 6.45) is 1.63. The van der Waals surface area contributed by atoms with Gasteiger partial charge < -0.3 is 5.32 Å². The maximum atomic E-state index is 11.5. The Hall–Kier alpha value is -1.80. The van der Waals surface area contributed by atoms with Crippen LogP contribution < -0.4 is 5.32 Å². The van der Waals surface area contributed by atoms with Gasteiger partial charge in [-0.25, -0.2) is 4.98 Å². The number of nitrogens with zero attached hydrogens (tertiary/aromatic N) is 2. The summed E-state index contributed by atoms with van der Waals surface area (Å²) in [7, 11) is 0. The molecule has 1 heterocycles. The van der Waals surface area contributed by atoms with E-state index < -0.39 is 0 Å². The third-order valence-electron chi connectivity index (χ3n) is 2.86. The summed E-state index contributed by atoms with van der Waals surface area (Å²) < 4.78 is 0. The van der Waals surface area contributed by atoms with Gasteiger partial charge in [0.2, 0.25) is 5.91 Å². The summed E-state index contributed by atoms with van der Waals surface area (Å²) in [5.74, 6) is 0.156. The largest absolute Gasteiger partial charge is 0.352 e. The first kappa shape index (κ1) is 15.3. The molecule has 100 valence electrons. The van der Waals surface area contributed by atoms with Crippen molar-refractivity contribution in [1.29, 1.82) is 5.26 Å². The molecule has 0 radical (unpaired) electrons. The monoisotopic (exact) mass is 275 g/mol. The predicted octanol–water partition coefficient (Wildman–Crippen LogP) is 2.27. The predicted molar refractivity (Wildman–Crippen MR) is 77.1 cm³/mol. The van der Waals surface area contributed by atoms with E-state index >= 15 is 0 Å². The Morgan fingerprint density at radius 3 is 2.74 bits per heavy atom. The lowest BCUT2D eigenvalue weighted by molar-refractivity contribution is -0.118. The maximum Gasteiger partial charge on any atom is 0.230 e. The lowest BCUT2D eigenvalue weighted by Crippen LogP contribution is -2.25. The van der Waals surface area contributed by atoms with Crippen molar-refractivity contribution >= 4 is 17.7 Å². The molecule has 19 heavy (non-hydrogen) atoms. The zero-order valence-electron chi connectivity index (χ0n) is 11.4. The third kappa shape index (κ3) is 3.83. The van der Waals surface area contributed by atoms with Crippen LogP contribution in [0.3, 0.4) is 0 Å². The fourth-order valence-corrected chi connectivity index (χ4v) is 2.43. The van der Waals surface area contributed by atoms with Crippen LogP contribution in [-0.4, -0.2) is 23.2 Å². The van der Waals surface area contributed by atoms with Crippen molar-refractivity contribution in [2.24, 2.45) is 0 Å². The van der Waals surface area contributed by atoms with Crippen molar-refractivity contribution in [3.8, 4) is 6.07 Å². The van der Waals surface area contributed by atoms with Gasteiger partial charge in [-0.15, -0.1) is 6.58 Å². The van der Waals surface area contributed by atoms with Crippen LogP contribution in [0.1, 0.15) is 22.4 Å². The molecular weight excluding hydrogens is 258 g/mol. The van der Waals surface area contributed by atoms with Crippen LogP contribution in [0.2, 0.25) is 0 Å². The average molecular weight is 275 g/mol. The Balaban J connectivity index is 2.87. The van der Waals surface area contributed by atoms with E-state index in [1.54, 1.807) is 6.08 Å². The van der Waals surface area contributed by atoms with Crippen molar-refractivity contribution in [2.75, 3.05) is 12.3 Å². The number of hydrogen-bond donors (Lipinski definition) is 1. The molecule has 1 aromatic rings. The first-order valence-corrected chi connectivity index (χ1v) is 6.88. The highest BCUT2D eigenvalue weighted by molar-refractivity contribution is 8.00. The van der Waals surface area contributed by atoms with Crippen molar-refractivity contribution in [3.63, 3.8) is 0 Å². The molecule has 0 aliphatic carbocycles. The van der Waals surface area contributed by atoms with E-state index in [1.807, 2.05) is 20.8 Å². The van der Waals surface area contributed by atoms with Crippen LogP contribution in [0.15, 0.2) is 17.7 Å². The zero-order chi connectivity index (χ0) is 14.4. The van der Waals surface area contributed by atoms with Gasteiger partial charge in [0, 0.05) is 12.2 Å². The Bertz CT molecular complexity index is 547. The van der Waals surface area contributed by atoms with Crippen molar-refractivity contribution in [1.82, 2.24) is 10.3 Å². The fraction of sp³-hybridized carbons (Fsp3) is 0.357. The number of aromatic nitrogens is 1. The Kier molecular flexibility index (Phi) is 5.58. The molecule has 0 aliphatic rings. The highest BCUT2D eigenvalue weighted by Crippen LogP contribution is 2.26. The van der Waals surface area contributed by atoms with Gasteiger partial charge in [0.25, 0.3) is 0 Å². The number of nitriles is 1. The molecule has 0 aliphatic heterocycles. The summed E-state index contributed by atoms with van der Waals surface area (Å²) in [4.78, 5) is 15.9. The molecule has 1 amide bonds. The van der Waals surface area contributed by atoms with Gasteiger partial charge in [0.15, 0.2) is 0 Å². The standard InChI is InChI=1S/C14H17N3OS/c1-5-6-16-13(18)8-19-14-12(7-15)10(3)9(2)11(4)17-14/h5H,1,6,8H2,2-4H3,(H,16,18). The minimum atomic E-state index is -0.0912. The first-order chi connectivity index (χ1) is 9.01. The molecule has 0 aromatic carbocycles. The third-order valence-corrected chi connectivity index (χ3v) is 3.83. The second-order valence-corrected chi connectivity index (χ2v) is 5.08. The van der Waals surface area contributed by atoms with E-state index in [0.717, 1.165) is 16.8 Å². The van der Waals surface area contributed by atoms with Gasteiger partial charge >= 0.3 is 0 Å². The molecule has 0 spiro atoms. The molecule has 0 unspecified atom stereocenters. The molecule has 1 aromatic heterocycles. The lowest BCUT2D eigenvalue weighted by atomic mass is 10.1. The minimum absolute atomic E-state index is 0.0912.